The number of nitrogens with zero attached hydrogens (tertiary/aromatic N) is 3. The molecule has 1 atom stereocenters. The van der Waals surface area contributed by atoms with Crippen LogP contribution in [0, 0.1) is 6.92 Å². The summed E-state index contributed by atoms with van der Waals surface area (Å²) in [4.78, 5) is 10.8. The van der Waals surface area contributed by atoms with E-state index < -0.39 is 0 Å². The predicted octanol–water partition coefficient (Wildman–Crippen LogP) is 2.14. The lowest BCUT2D eigenvalue weighted by Gasteiger charge is -2.28. The van der Waals surface area contributed by atoms with Crippen LogP contribution in [0.5, 0.6) is 0 Å². The molecule has 0 spiro atoms. The molecule has 88 valence electrons. The molecule has 1 saturated heterocycles. The smallest absolute Gasteiger partial charge is 0.222 e. The first-order valence-electron chi connectivity index (χ1n) is 6.04. The minimum atomic E-state index is 0.381. The highest BCUT2D eigenvalue weighted by Gasteiger charge is 2.18. The quantitative estimate of drug-likeness (QED) is 0.787. The first-order valence-corrected chi connectivity index (χ1v) is 6.04. The molecular formula is C12H20N4. The molecule has 1 aliphatic heterocycles. The third kappa shape index (κ3) is 2.43. The zero-order valence-corrected chi connectivity index (χ0v) is 10.1. The monoisotopic (exact) mass is 220 g/mol. The summed E-state index contributed by atoms with van der Waals surface area (Å²) in [7, 11) is 0. The molecule has 2 N–H and O–H groups in total. The van der Waals surface area contributed by atoms with Crippen LogP contribution in [0.1, 0.15) is 38.3 Å². The Morgan fingerprint density at radius 3 is 2.88 bits per heavy atom. The maximum absolute atomic E-state index is 5.70. The molecule has 4 nitrogen and oxygen atoms in total. The lowest BCUT2D eigenvalue weighted by molar-refractivity contribution is 0.611. The fourth-order valence-corrected chi connectivity index (χ4v) is 2.34. The Morgan fingerprint density at radius 1 is 1.31 bits per heavy atom. The van der Waals surface area contributed by atoms with Gasteiger partial charge in [0.2, 0.25) is 5.95 Å². The predicted molar refractivity (Wildman–Crippen MR) is 66.5 cm³/mol. The summed E-state index contributed by atoms with van der Waals surface area (Å²) < 4.78 is 0. The van der Waals surface area contributed by atoms with E-state index in [0.717, 1.165) is 18.1 Å². The summed E-state index contributed by atoms with van der Waals surface area (Å²) in [6, 6.07) is 2.58. The van der Waals surface area contributed by atoms with Crippen molar-refractivity contribution < 1.29 is 0 Å². The lowest BCUT2D eigenvalue weighted by atomic mass is 10.1. The van der Waals surface area contributed by atoms with Gasteiger partial charge in [-0.05, 0) is 26.7 Å². The number of hydrogen-bond donors (Lipinski definition) is 1. The van der Waals surface area contributed by atoms with Crippen molar-refractivity contribution >= 4 is 11.8 Å². The lowest BCUT2D eigenvalue weighted by Crippen LogP contribution is -2.33. The zero-order chi connectivity index (χ0) is 11.5. The molecule has 0 aliphatic carbocycles. The number of aryl methyl sites for hydroxylation is 1. The van der Waals surface area contributed by atoms with Gasteiger partial charge in [0, 0.05) is 24.3 Å². The SMILES string of the molecule is Cc1cc(N2CCCCCC2C)nc(N)n1. The van der Waals surface area contributed by atoms with Crippen LogP contribution < -0.4 is 10.6 Å². The maximum atomic E-state index is 5.70. The van der Waals surface area contributed by atoms with Crippen molar-refractivity contribution in [1.29, 1.82) is 0 Å². The maximum Gasteiger partial charge on any atom is 0.222 e. The van der Waals surface area contributed by atoms with Crippen LogP contribution in [0.25, 0.3) is 0 Å². The van der Waals surface area contributed by atoms with Crippen LogP contribution in [0.15, 0.2) is 6.07 Å². The van der Waals surface area contributed by atoms with Crippen LogP contribution >= 0.6 is 0 Å². The first kappa shape index (κ1) is 11.2. The molecular weight excluding hydrogens is 200 g/mol. The molecule has 1 aromatic rings. The number of nitrogen functional groups attached to an aromatic ring is 1. The van der Waals surface area contributed by atoms with E-state index >= 15 is 0 Å². The molecule has 16 heavy (non-hydrogen) atoms. The van der Waals surface area contributed by atoms with Gasteiger partial charge < -0.3 is 10.6 Å². The van der Waals surface area contributed by atoms with Gasteiger partial charge in [0.1, 0.15) is 5.82 Å². The van der Waals surface area contributed by atoms with E-state index in [0.29, 0.717) is 12.0 Å². The van der Waals surface area contributed by atoms with Crippen molar-refractivity contribution in [1.82, 2.24) is 9.97 Å². The second-order valence-corrected chi connectivity index (χ2v) is 4.62. The summed E-state index contributed by atoms with van der Waals surface area (Å²) in [5.41, 5.74) is 6.65. The van der Waals surface area contributed by atoms with Gasteiger partial charge in [0.15, 0.2) is 0 Å². The average Bonchev–Trinajstić information content (AvgIpc) is 2.41. The van der Waals surface area contributed by atoms with E-state index in [9.17, 15) is 0 Å². The van der Waals surface area contributed by atoms with Crippen molar-refractivity contribution in [2.75, 3.05) is 17.2 Å². The van der Waals surface area contributed by atoms with Gasteiger partial charge >= 0.3 is 0 Å². The van der Waals surface area contributed by atoms with Crippen LogP contribution in [-0.2, 0) is 0 Å². The Hall–Kier alpha value is -1.32. The Balaban J connectivity index is 2.26. The third-order valence-corrected chi connectivity index (χ3v) is 3.21. The van der Waals surface area contributed by atoms with Crippen molar-refractivity contribution in [3.63, 3.8) is 0 Å². The van der Waals surface area contributed by atoms with Crippen LogP contribution in [0.4, 0.5) is 11.8 Å². The number of anilines is 2. The summed E-state index contributed by atoms with van der Waals surface area (Å²) in [5, 5.41) is 0. The molecule has 0 radical (unpaired) electrons. The highest BCUT2D eigenvalue weighted by atomic mass is 15.2. The van der Waals surface area contributed by atoms with Crippen molar-refractivity contribution in [3.8, 4) is 0 Å². The number of rotatable bonds is 1. The number of nitrogens with two attached hydrogens (primary N) is 1. The second-order valence-electron chi connectivity index (χ2n) is 4.62. The van der Waals surface area contributed by atoms with E-state index in [4.69, 9.17) is 5.73 Å². The van der Waals surface area contributed by atoms with E-state index in [1.807, 2.05) is 13.0 Å². The fraction of sp³-hybridized carbons (Fsp3) is 0.667. The Morgan fingerprint density at radius 2 is 2.12 bits per heavy atom. The van der Waals surface area contributed by atoms with Gasteiger partial charge in [0.25, 0.3) is 0 Å². The molecule has 2 rings (SSSR count). The van der Waals surface area contributed by atoms with Gasteiger partial charge in [-0.25, -0.2) is 4.98 Å². The number of hydrogen-bond acceptors (Lipinski definition) is 4. The molecule has 0 bridgehead atoms. The summed E-state index contributed by atoms with van der Waals surface area (Å²) in [6.07, 6.45) is 5.12. The van der Waals surface area contributed by atoms with Crippen LogP contribution in [0.3, 0.4) is 0 Å². The molecule has 0 amide bonds. The highest BCUT2D eigenvalue weighted by molar-refractivity contribution is 5.44. The standard InChI is InChI=1S/C12H20N4/c1-9-8-11(15-12(13)14-9)16-7-5-3-4-6-10(16)2/h8,10H,3-7H2,1-2H3,(H2,13,14,15). The van der Waals surface area contributed by atoms with Crippen LogP contribution in [0.2, 0.25) is 0 Å². The zero-order valence-electron chi connectivity index (χ0n) is 10.1. The largest absolute Gasteiger partial charge is 0.368 e. The van der Waals surface area contributed by atoms with Crippen molar-refractivity contribution in [3.05, 3.63) is 11.8 Å². The molecule has 0 saturated carbocycles. The fourth-order valence-electron chi connectivity index (χ4n) is 2.34. The van der Waals surface area contributed by atoms with Gasteiger partial charge in [-0.1, -0.05) is 12.8 Å². The Labute approximate surface area is 96.9 Å². The molecule has 1 aliphatic rings. The summed E-state index contributed by atoms with van der Waals surface area (Å²) in [5.74, 6) is 1.37. The summed E-state index contributed by atoms with van der Waals surface area (Å²) >= 11 is 0. The van der Waals surface area contributed by atoms with Crippen LogP contribution in [-0.4, -0.2) is 22.6 Å². The van der Waals surface area contributed by atoms with Gasteiger partial charge in [-0.2, -0.15) is 4.98 Å². The number of aromatic nitrogens is 2. The van der Waals surface area contributed by atoms with Gasteiger partial charge in [0.05, 0.1) is 0 Å². The molecule has 0 aromatic carbocycles. The molecule has 1 unspecified atom stereocenters. The molecule has 1 aromatic heterocycles. The van der Waals surface area contributed by atoms with Crippen molar-refractivity contribution in [2.45, 2.75) is 45.6 Å². The minimum absolute atomic E-state index is 0.381. The Kier molecular flexibility index (Phi) is 3.27. The second kappa shape index (κ2) is 4.68. The van der Waals surface area contributed by atoms with E-state index in [1.165, 1.54) is 25.7 Å². The minimum Gasteiger partial charge on any atom is -0.368 e. The third-order valence-electron chi connectivity index (χ3n) is 3.21. The molecule has 2 heterocycles. The van der Waals surface area contributed by atoms with E-state index in [-0.39, 0.29) is 0 Å². The topological polar surface area (TPSA) is 55.0 Å². The van der Waals surface area contributed by atoms with Gasteiger partial charge in [-0.3, -0.25) is 0 Å². The normalized spacial score (nSPS) is 21.9. The van der Waals surface area contributed by atoms with E-state index in [2.05, 4.69) is 21.8 Å². The summed E-state index contributed by atoms with van der Waals surface area (Å²) in [6.45, 7) is 5.31. The highest BCUT2D eigenvalue weighted by Crippen LogP contribution is 2.23. The molecule has 1 fully saturated rings. The van der Waals surface area contributed by atoms with Crippen molar-refractivity contribution in [2.24, 2.45) is 0 Å². The molecule has 4 heteroatoms. The Bertz CT molecular complexity index is 344. The first-order chi connectivity index (χ1) is 7.66. The average molecular weight is 220 g/mol. The van der Waals surface area contributed by atoms with E-state index in [1.54, 1.807) is 0 Å². The van der Waals surface area contributed by atoms with Gasteiger partial charge in [-0.15, -0.1) is 0 Å².